The van der Waals surface area contributed by atoms with Crippen molar-refractivity contribution < 1.29 is 32.3 Å². The summed E-state index contributed by atoms with van der Waals surface area (Å²) in [7, 11) is 0. The highest BCUT2D eigenvalue weighted by atomic mass is 19.4. The summed E-state index contributed by atoms with van der Waals surface area (Å²) >= 11 is 0. The monoisotopic (exact) mass is 445 g/mol. The van der Waals surface area contributed by atoms with Gasteiger partial charge in [0, 0.05) is 36.7 Å². The van der Waals surface area contributed by atoms with Crippen LogP contribution in [-0.2, 0) is 28.7 Å². The van der Waals surface area contributed by atoms with E-state index in [1.165, 1.54) is 4.90 Å². The van der Waals surface area contributed by atoms with Gasteiger partial charge in [-0.1, -0.05) is 12.1 Å². The van der Waals surface area contributed by atoms with Gasteiger partial charge in [-0.05, 0) is 42.2 Å². The van der Waals surface area contributed by atoms with Crippen LogP contribution in [0.4, 0.5) is 13.2 Å². The summed E-state index contributed by atoms with van der Waals surface area (Å²) in [4.78, 5) is 53.2. The van der Waals surface area contributed by atoms with E-state index in [1.54, 1.807) is 18.2 Å². The summed E-state index contributed by atoms with van der Waals surface area (Å²) < 4.78 is 37.8. The van der Waals surface area contributed by atoms with E-state index in [2.05, 4.69) is 10.3 Å². The quantitative estimate of drug-likeness (QED) is 0.564. The molecule has 2 aliphatic heterocycles. The summed E-state index contributed by atoms with van der Waals surface area (Å²) in [6, 6.07) is 6.32. The van der Waals surface area contributed by atoms with E-state index in [1.807, 2.05) is 0 Å². The smallest absolute Gasteiger partial charge is 0.322 e. The molecule has 1 aromatic heterocycles. The Balaban J connectivity index is 1.40. The first-order valence-corrected chi connectivity index (χ1v) is 9.96. The van der Waals surface area contributed by atoms with Crippen molar-refractivity contribution in [1.82, 2.24) is 15.2 Å². The van der Waals surface area contributed by atoms with Crippen LogP contribution in [0.5, 0.6) is 0 Å². The molecule has 2 aromatic rings. The normalized spacial score (nSPS) is 18.5. The Hall–Kier alpha value is -3.56. The fraction of sp³-hybridized carbons (Fsp3) is 0.318. The van der Waals surface area contributed by atoms with Crippen LogP contribution in [0.1, 0.15) is 56.8 Å². The first-order valence-electron chi connectivity index (χ1n) is 9.96. The summed E-state index contributed by atoms with van der Waals surface area (Å²) in [6.07, 6.45) is -2.80. The number of aromatic nitrogens is 1. The second kappa shape index (κ2) is 8.18. The molecule has 1 atom stereocenters. The van der Waals surface area contributed by atoms with Crippen molar-refractivity contribution in [2.24, 2.45) is 0 Å². The van der Waals surface area contributed by atoms with Gasteiger partial charge >= 0.3 is 6.18 Å². The predicted molar refractivity (Wildman–Crippen MR) is 104 cm³/mol. The lowest BCUT2D eigenvalue weighted by atomic mass is 10.00. The van der Waals surface area contributed by atoms with Crippen molar-refractivity contribution in [3.05, 3.63) is 64.5 Å². The number of amides is 3. The Kier molecular flexibility index (Phi) is 5.53. The molecule has 1 aromatic carbocycles. The Labute approximate surface area is 180 Å². The molecule has 0 spiro atoms. The zero-order chi connectivity index (χ0) is 23.0. The molecule has 2 aliphatic rings. The lowest BCUT2D eigenvalue weighted by Gasteiger charge is -2.29. The molecule has 10 heteroatoms. The number of carbonyl (C=O) groups is 4. The summed E-state index contributed by atoms with van der Waals surface area (Å²) in [5.74, 6) is -1.47. The van der Waals surface area contributed by atoms with Crippen LogP contribution < -0.4 is 5.32 Å². The number of Topliss-reactive ketones (excluding diaryl/α,β-unsaturated/α-hetero) is 1. The number of nitrogens with zero attached hydrogens (tertiary/aromatic N) is 2. The van der Waals surface area contributed by atoms with Crippen molar-refractivity contribution in [2.75, 3.05) is 0 Å². The third kappa shape index (κ3) is 4.25. The number of nitrogens with one attached hydrogen (secondary N) is 1. The second-order valence-corrected chi connectivity index (χ2v) is 7.74. The molecule has 3 amide bonds. The molecule has 0 saturated carbocycles. The first kappa shape index (κ1) is 21.7. The molecule has 4 rings (SSSR count). The van der Waals surface area contributed by atoms with Crippen LogP contribution in [0.3, 0.4) is 0 Å². The standard InChI is InChI=1S/C22H18F3N3O4/c23-22(24,25)18-7-3-13(10-26-18)17(29)6-2-12-1-4-15-14(9-12)11-28(21(15)32)16-5-8-19(30)27-20(16)31/h1,3-4,7,9-10,16H,2,5-6,8,11H2,(H,27,30,31). The lowest BCUT2D eigenvalue weighted by molar-refractivity contribution is -0.141. The minimum absolute atomic E-state index is 0.0661. The number of hydrogen-bond acceptors (Lipinski definition) is 5. The minimum atomic E-state index is -4.56. The fourth-order valence-corrected chi connectivity index (χ4v) is 3.91. The Morgan fingerprint density at radius 3 is 2.59 bits per heavy atom. The lowest BCUT2D eigenvalue weighted by Crippen LogP contribution is -2.52. The van der Waals surface area contributed by atoms with Crippen molar-refractivity contribution in [3.8, 4) is 0 Å². The number of pyridine rings is 1. The maximum atomic E-state index is 12.7. The first-order chi connectivity index (χ1) is 15.1. The highest BCUT2D eigenvalue weighted by Crippen LogP contribution is 2.29. The molecule has 1 N–H and O–H groups in total. The third-order valence-electron chi connectivity index (χ3n) is 5.60. The molecule has 0 aliphatic carbocycles. The summed E-state index contributed by atoms with van der Waals surface area (Å²) in [6.45, 7) is 0.227. The van der Waals surface area contributed by atoms with Gasteiger partial charge in [0.15, 0.2) is 5.78 Å². The van der Waals surface area contributed by atoms with E-state index in [9.17, 15) is 32.3 Å². The van der Waals surface area contributed by atoms with Gasteiger partial charge in [0.1, 0.15) is 11.7 Å². The van der Waals surface area contributed by atoms with Gasteiger partial charge < -0.3 is 4.90 Å². The number of benzene rings is 1. The van der Waals surface area contributed by atoms with Crippen LogP contribution in [0.25, 0.3) is 0 Å². The van der Waals surface area contributed by atoms with Crippen LogP contribution in [0.15, 0.2) is 36.5 Å². The highest BCUT2D eigenvalue weighted by Gasteiger charge is 2.39. The van der Waals surface area contributed by atoms with E-state index >= 15 is 0 Å². The van der Waals surface area contributed by atoms with Crippen molar-refractivity contribution >= 4 is 23.5 Å². The highest BCUT2D eigenvalue weighted by molar-refractivity contribution is 6.05. The molecule has 7 nitrogen and oxygen atoms in total. The van der Waals surface area contributed by atoms with Crippen molar-refractivity contribution in [1.29, 1.82) is 0 Å². The molecule has 0 bridgehead atoms. The van der Waals surface area contributed by atoms with Gasteiger partial charge in [0.2, 0.25) is 11.8 Å². The number of ketones is 1. The number of aryl methyl sites for hydroxylation is 1. The SMILES string of the molecule is O=C1CCC(N2Cc3cc(CCC(=O)c4ccc(C(F)(F)F)nc4)ccc3C2=O)C(=O)N1. The van der Waals surface area contributed by atoms with Crippen molar-refractivity contribution in [3.63, 3.8) is 0 Å². The van der Waals surface area contributed by atoms with Gasteiger partial charge in [-0.2, -0.15) is 13.2 Å². The van der Waals surface area contributed by atoms with Crippen LogP contribution in [0, 0.1) is 0 Å². The van der Waals surface area contributed by atoms with Gasteiger partial charge in [-0.15, -0.1) is 0 Å². The zero-order valence-electron chi connectivity index (χ0n) is 16.7. The van der Waals surface area contributed by atoms with Gasteiger partial charge in [0.25, 0.3) is 5.91 Å². The molecule has 3 heterocycles. The average molecular weight is 445 g/mol. The van der Waals surface area contributed by atoms with E-state index in [0.717, 1.165) is 29.5 Å². The van der Waals surface area contributed by atoms with Crippen molar-refractivity contribution in [2.45, 2.75) is 44.4 Å². The van der Waals surface area contributed by atoms with Gasteiger partial charge in [-0.3, -0.25) is 29.5 Å². The predicted octanol–water partition coefficient (Wildman–Crippen LogP) is 2.68. The van der Waals surface area contributed by atoms with Crippen LogP contribution in [-0.4, -0.2) is 39.4 Å². The number of alkyl halides is 3. The number of carbonyl (C=O) groups excluding carboxylic acids is 4. The van der Waals surface area contributed by atoms with E-state index in [-0.39, 0.29) is 49.0 Å². The maximum Gasteiger partial charge on any atom is 0.433 e. The van der Waals surface area contributed by atoms with E-state index in [0.29, 0.717) is 12.0 Å². The van der Waals surface area contributed by atoms with E-state index in [4.69, 9.17) is 0 Å². The summed E-state index contributed by atoms with van der Waals surface area (Å²) in [5.41, 5.74) is 1.02. The zero-order valence-corrected chi connectivity index (χ0v) is 16.7. The Bertz CT molecular complexity index is 1110. The molecular formula is C22H18F3N3O4. The molecule has 166 valence electrons. The van der Waals surface area contributed by atoms with Crippen LogP contribution in [0.2, 0.25) is 0 Å². The minimum Gasteiger partial charge on any atom is -0.322 e. The Morgan fingerprint density at radius 2 is 1.94 bits per heavy atom. The molecular weight excluding hydrogens is 427 g/mol. The van der Waals surface area contributed by atoms with Gasteiger partial charge in [0.05, 0.1) is 0 Å². The average Bonchev–Trinajstić information content (AvgIpc) is 3.07. The molecule has 1 unspecified atom stereocenters. The largest absolute Gasteiger partial charge is 0.433 e. The number of imide groups is 1. The maximum absolute atomic E-state index is 12.7. The molecule has 1 fully saturated rings. The molecule has 1 saturated heterocycles. The van der Waals surface area contributed by atoms with E-state index < -0.39 is 23.8 Å². The molecule has 0 radical (unpaired) electrons. The summed E-state index contributed by atoms with van der Waals surface area (Å²) in [5, 5.41) is 2.25. The molecule has 32 heavy (non-hydrogen) atoms. The number of halogens is 3. The van der Waals surface area contributed by atoms with Crippen LogP contribution >= 0.6 is 0 Å². The topological polar surface area (TPSA) is 96.4 Å². The number of hydrogen-bond donors (Lipinski definition) is 1. The second-order valence-electron chi connectivity index (χ2n) is 7.74. The fourth-order valence-electron chi connectivity index (χ4n) is 3.91. The Morgan fingerprint density at radius 1 is 1.16 bits per heavy atom. The number of piperidine rings is 1. The number of fused-ring (bicyclic) bond motifs is 1. The third-order valence-corrected chi connectivity index (χ3v) is 5.60. The number of rotatable bonds is 5. The van der Waals surface area contributed by atoms with Gasteiger partial charge in [-0.25, -0.2) is 0 Å².